The molecule has 1 aliphatic rings. The van der Waals surface area contributed by atoms with E-state index in [4.69, 9.17) is 0 Å². The Morgan fingerprint density at radius 1 is 1.14 bits per heavy atom. The highest BCUT2D eigenvalue weighted by Gasteiger charge is 2.31. The van der Waals surface area contributed by atoms with E-state index >= 15 is 0 Å². The number of hydrogen-bond acceptors (Lipinski definition) is 2. The van der Waals surface area contributed by atoms with Gasteiger partial charge in [0.15, 0.2) is 0 Å². The van der Waals surface area contributed by atoms with Crippen LogP contribution in [-0.2, 0) is 6.54 Å². The molecule has 0 aliphatic heterocycles. The van der Waals surface area contributed by atoms with Gasteiger partial charge >= 0.3 is 6.36 Å². The van der Waals surface area contributed by atoms with Crippen LogP contribution in [-0.4, -0.2) is 12.9 Å². The molecule has 0 atom stereocenters. The van der Waals surface area contributed by atoms with Crippen molar-refractivity contribution in [3.8, 4) is 5.75 Å². The van der Waals surface area contributed by atoms with E-state index in [1.807, 2.05) is 0 Å². The molecular formula is C16H20F3NO. The second-order valence-electron chi connectivity index (χ2n) is 5.19. The lowest BCUT2D eigenvalue weighted by atomic mass is 9.97. The fourth-order valence-electron chi connectivity index (χ4n) is 2.48. The molecule has 0 saturated carbocycles. The van der Waals surface area contributed by atoms with E-state index in [1.165, 1.54) is 30.5 Å². The molecule has 0 unspecified atom stereocenters. The highest BCUT2D eigenvalue weighted by Crippen LogP contribution is 2.26. The fraction of sp³-hybridized carbons (Fsp3) is 0.500. The zero-order valence-electron chi connectivity index (χ0n) is 11.9. The van der Waals surface area contributed by atoms with Crippen molar-refractivity contribution in [1.82, 2.24) is 5.32 Å². The number of alkyl halides is 3. The molecule has 1 N–H and O–H groups in total. The van der Waals surface area contributed by atoms with Gasteiger partial charge < -0.3 is 10.1 Å². The SMILES string of the molecule is FC(F)(F)Oc1ccccc1CNCCC1=CCCCC1. The summed E-state index contributed by atoms with van der Waals surface area (Å²) in [7, 11) is 0. The third-order valence-corrected chi connectivity index (χ3v) is 3.52. The molecule has 1 aromatic rings. The average Bonchev–Trinajstić information content (AvgIpc) is 2.45. The minimum absolute atomic E-state index is 0.130. The predicted molar refractivity (Wildman–Crippen MR) is 76.0 cm³/mol. The standard InChI is InChI=1S/C16H20F3NO/c17-16(18,19)21-15-9-5-4-8-14(15)12-20-11-10-13-6-2-1-3-7-13/h4-6,8-9,20H,1-3,7,10-12H2. The fourth-order valence-corrected chi connectivity index (χ4v) is 2.48. The van der Waals surface area contributed by atoms with Crippen molar-refractivity contribution in [3.63, 3.8) is 0 Å². The minimum atomic E-state index is -4.65. The lowest BCUT2D eigenvalue weighted by molar-refractivity contribution is -0.274. The zero-order chi connectivity index (χ0) is 15.1. The van der Waals surface area contributed by atoms with E-state index < -0.39 is 6.36 Å². The maximum absolute atomic E-state index is 12.3. The summed E-state index contributed by atoms with van der Waals surface area (Å²) >= 11 is 0. The van der Waals surface area contributed by atoms with Gasteiger partial charge in [-0.25, -0.2) is 0 Å². The third kappa shape index (κ3) is 5.79. The summed E-state index contributed by atoms with van der Waals surface area (Å²) in [4.78, 5) is 0. The monoisotopic (exact) mass is 299 g/mol. The lowest BCUT2D eigenvalue weighted by Gasteiger charge is -2.15. The smallest absolute Gasteiger partial charge is 0.405 e. The number of benzene rings is 1. The number of para-hydroxylation sites is 1. The van der Waals surface area contributed by atoms with Gasteiger partial charge in [-0.1, -0.05) is 29.8 Å². The van der Waals surface area contributed by atoms with Gasteiger partial charge in [-0.3, -0.25) is 0 Å². The number of allylic oxidation sites excluding steroid dienone is 1. The van der Waals surface area contributed by atoms with Crippen LogP contribution >= 0.6 is 0 Å². The number of halogens is 3. The van der Waals surface area contributed by atoms with Gasteiger partial charge in [-0.05, 0) is 44.7 Å². The second-order valence-corrected chi connectivity index (χ2v) is 5.19. The highest BCUT2D eigenvalue weighted by atomic mass is 19.4. The summed E-state index contributed by atoms with van der Waals surface area (Å²) in [6, 6.07) is 6.24. The Balaban J connectivity index is 1.81. The summed E-state index contributed by atoms with van der Waals surface area (Å²) in [5.41, 5.74) is 1.97. The molecule has 2 rings (SSSR count). The summed E-state index contributed by atoms with van der Waals surface area (Å²) in [6.45, 7) is 1.14. The largest absolute Gasteiger partial charge is 0.573 e. The van der Waals surface area contributed by atoms with E-state index in [-0.39, 0.29) is 5.75 Å². The summed E-state index contributed by atoms with van der Waals surface area (Å²) in [5, 5.41) is 3.19. The minimum Gasteiger partial charge on any atom is -0.405 e. The molecule has 1 aliphatic carbocycles. The first-order valence-electron chi connectivity index (χ1n) is 7.27. The van der Waals surface area contributed by atoms with Crippen molar-refractivity contribution >= 4 is 0 Å². The Kier molecular flexibility index (Phi) is 5.67. The first-order chi connectivity index (χ1) is 10.0. The molecule has 1 aromatic carbocycles. The van der Waals surface area contributed by atoms with Crippen molar-refractivity contribution in [2.45, 2.75) is 45.0 Å². The molecular weight excluding hydrogens is 279 g/mol. The van der Waals surface area contributed by atoms with Crippen LogP contribution in [0.3, 0.4) is 0 Å². The quantitative estimate of drug-likeness (QED) is 0.614. The van der Waals surface area contributed by atoms with Gasteiger partial charge in [0, 0.05) is 12.1 Å². The molecule has 0 amide bonds. The van der Waals surface area contributed by atoms with Gasteiger partial charge in [0.05, 0.1) is 0 Å². The molecule has 2 nitrogen and oxygen atoms in total. The predicted octanol–water partition coefficient (Wildman–Crippen LogP) is 4.57. The van der Waals surface area contributed by atoms with E-state index in [1.54, 1.807) is 12.1 Å². The summed E-state index contributed by atoms with van der Waals surface area (Å²) in [5.74, 6) is -0.130. The third-order valence-electron chi connectivity index (χ3n) is 3.52. The first kappa shape index (κ1) is 15.9. The van der Waals surface area contributed by atoms with Crippen molar-refractivity contribution in [1.29, 1.82) is 0 Å². The molecule has 0 radical (unpaired) electrons. The van der Waals surface area contributed by atoms with Gasteiger partial charge in [0.25, 0.3) is 0 Å². The van der Waals surface area contributed by atoms with Crippen molar-refractivity contribution in [3.05, 3.63) is 41.5 Å². The maximum Gasteiger partial charge on any atom is 0.573 e. The summed E-state index contributed by atoms with van der Waals surface area (Å²) in [6.07, 6.45) is 3.40. The van der Waals surface area contributed by atoms with Crippen LogP contribution in [0.15, 0.2) is 35.9 Å². The van der Waals surface area contributed by atoms with Crippen LogP contribution in [0.4, 0.5) is 13.2 Å². The Labute approximate surface area is 123 Å². The Bertz CT molecular complexity index is 483. The number of ether oxygens (including phenoxy) is 1. The number of hydrogen-bond donors (Lipinski definition) is 1. The molecule has 0 saturated heterocycles. The van der Waals surface area contributed by atoms with Gasteiger partial charge in [-0.2, -0.15) is 0 Å². The molecule has 0 fully saturated rings. The molecule has 0 aromatic heterocycles. The van der Waals surface area contributed by atoms with Crippen molar-refractivity contribution in [2.75, 3.05) is 6.54 Å². The van der Waals surface area contributed by atoms with Gasteiger partial charge in [-0.15, -0.1) is 13.2 Å². The van der Waals surface area contributed by atoms with E-state index in [9.17, 15) is 13.2 Å². The van der Waals surface area contributed by atoms with Crippen molar-refractivity contribution < 1.29 is 17.9 Å². The normalized spacial score (nSPS) is 15.7. The van der Waals surface area contributed by atoms with Crippen LogP contribution in [0.5, 0.6) is 5.75 Å². The maximum atomic E-state index is 12.3. The van der Waals surface area contributed by atoms with Crippen LogP contribution in [0, 0.1) is 0 Å². The molecule has 0 spiro atoms. The molecule has 116 valence electrons. The topological polar surface area (TPSA) is 21.3 Å². The van der Waals surface area contributed by atoms with E-state index in [0.29, 0.717) is 12.1 Å². The van der Waals surface area contributed by atoms with E-state index in [0.717, 1.165) is 25.8 Å². The second kappa shape index (κ2) is 7.50. The average molecular weight is 299 g/mol. The number of rotatable bonds is 6. The van der Waals surface area contributed by atoms with Gasteiger partial charge in [0.2, 0.25) is 0 Å². The van der Waals surface area contributed by atoms with Crippen LogP contribution in [0.25, 0.3) is 0 Å². The Morgan fingerprint density at radius 2 is 1.95 bits per heavy atom. The number of nitrogens with one attached hydrogen (secondary N) is 1. The van der Waals surface area contributed by atoms with Crippen LogP contribution < -0.4 is 10.1 Å². The van der Waals surface area contributed by atoms with Crippen molar-refractivity contribution in [2.24, 2.45) is 0 Å². The Morgan fingerprint density at radius 3 is 2.67 bits per heavy atom. The molecule has 5 heteroatoms. The lowest BCUT2D eigenvalue weighted by Crippen LogP contribution is -2.20. The van der Waals surface area contributed by atoms with Gasteiger partial charge in [0.1, 0.15) is 5.75 Å². The summed E-state index contributed by atoms with van der Waals surface area (Å²) < 4.78 is 40.9. The van der Waals surface area contributed by atoms with Crippen LogP contribution in [0.2, 0.25) is 0 Å². The molecule has 0 heterocycles. The molecule has 21 heavy (non-hydrogen) atoms. The molecule has 0 bridgehead atoms. The van der Waals surface area contributed by atoms with Crippen LogP contribution in [0.1, 0.15) is 37.7 Å². The van der Waals surface area contributed by atoms with E-state index in [2.05, 4.69) is 16.1 Å². The zero-order valence-corrected chi connectivity index (χ0v) is 11.9. The Hall–Kier alpha value is -1.49. The first-order valence-corrected chi connectivity index (χ1v) is 7.27. The highest BCUT2D eigenvalue weighted by molar-refractivity contribution is 5.33.